The monoisotopic (exact) mass is 241 g/mol. The molecule has 0 atom stereocenters. The molecule has 16 heavy (non-hydrogen) atoms. The number of nitrogens with zero attached hydrogens (tertiary/aromatic N) is 2. The molecule has 0 spiro atoms. The second kappa shape index (κ2) is 5.10. The Bertz CT molecular complexity index is 334. The molecule has 1 saturated carbocycles. The van der Waals surface area contributed by atoms with Crippen LogP contribution >= 0.6 is 11.5 Å². The number of hydrogen-bond donors (Lipinski definition) is 1. The summed E-state index contributed by atoms with van der Waals surface area (Å²) in [5.41, 5.74) is -0.206. The van der Waals surface area contributed by atoms with Gasteiger partial charge in [0.15, 0.2) is 5.82 Å². The molecule has 0 amide bonds. The molecule has 0 saturated heterocycles. The average molecular weight is 241 g/mol. The lowest BCUT2D eigenvalue weighted by molar-refractivity contribution is -0.0152. The molecule has 4 nitrogen and oxygen atoms in total. The molecule has 1 aromatic rings. The fraction of sp³-hybridized carbons (Fsp3) is 0.818. The number of methoxy groups -OCH3 is 1. The van der Waals surface area contributed by atoms with Gasteiger partial charge < -0.3 is 10.1 Å². The summed E-state index contributed by atoms with van der Waals surface area (Å²) in [6.07, 6.45) is 5.63. The SMILES string of the molecule is CCCNc1nc(C2(OC)CCCC2)ns1. The molecule has 1 aromatic heterocycles. The van der Waals surface area contributed by atoms with Gasteiger partial charge in [-0.2, -0.15) is 4.37 Å². The van der Waals surface area contributed by atoms with Gasteiger partial charge >= 0.3 is 0 Å². The van der Waals surface area contributed by atoms with Gasteiger partial charge in [-0.3, -0.25) is 0 Å². The Morgan fingerprint density at radius 3 is 2.81 bits per heavy atom. The van der Waals surface area contributed by atoms with Gasteiger partial charge in [0, 0.05) is 25.2 Å². The number of aromatic nitrogens is 2. The number of hydrogen-bond acceptors (Lipinski definition) is 5. The average Bonchev–Trinajstić information content (AvgIpc) is 2.95. The molecular formula is C11H19N3OS. The summed E-state index contributed by atoms with van der Waals surface area (Å²) >= 11 is 1.44. The van der Waals surface area contributed by atoms with E-state index in [9.17, 15) is 0 Å². The number of ether oxygens (including phenoxy) is 1. The van der Waals surface area contributed by atoms with Crippen molar-refractivity contribution >= 4 is 16.7 Å². The zero-order valence-electron chi connectivity index (χ0n) is 9.95. The van der Waals surface area contributed by atoms with E-state index in [0.717, 1.165) is 36.8 Å². The van der Waals surface area contributed by atoms with Crippen LogP contribution in [0.15, 0.2) is 0 Å². The van der Waals surface area contributed by atoms with E-state index in [0.29, 0.717) is 0 Å². The second-order valence-electron chi connectivity index (χ2n) is 4.26. The fourth-order valence-electron chi connectivity index (χ4n) is 2.18. The molecule has 0 unspecified atom stereocenters. The van der Waals surface area contributed by atoms with Crippen molar-refractivity contribution in [3.63, 3.8) is 0 Å². The molecule has 0 radical (unpaired) electrons. The highest BCUT2D eigenvalue weighted by molar-refractivity contribution is 7.09. The van der Waals surface area contributed by atoms with E-state index in [2.05, 4.69) is 21.6 Å². The minimum absolute atomic E-state index is 0.206. The lowest BCUT2D eigenvalue weighted by Gasteiger charge is -2.23. The molecule has 0 aromatic carbocycles. The fourth-order valence-corrected chi connectivity index (χ4v) is 2.85. The maximum absolute atomic E-state index is 5.66. The van der Waals surface area contributed by atoms with E-state index in [-0.39, 0.29) is 5.60 Å². The Morgan fingerprint density at radius 2 is 2.19 bits per heavy atom. The first-order valence-electron chi connectivity index (χ1n) is 5.94. The van der Waals surface area contributed by atoms with Gasteiger partial charge in [-0.1, -0.05) is 6.92 Å². The van der Waals surface area contributed by atoms with Crippen LogP contribution in [0.3, 0.4) is 0 Å². The number of nitrogens with one attached hydrogen (secondary N) is 1. The van der Waals surface area contributed by atoms with Crippen molar-refractivity contribution < 1.29 is 4.74 Å². The zero-order chi connectivity index (χ0) is 11.4. The molecule has 1 aliphatic rings. The summed E-state index contributed by atoms with van der Waals surface area (Å²) in [7, 11) is 1.77. The van der Waals surface area contributed by atoms with Crippen LogP contribution in [0.2, 0.25) is 0 Å². The molecule has 1 heterocycles. The van der Waals surface area contributed by atoms with Crippen LogP contribution < -0.4 is 5.32 Å². The van der Waals surface area contributed by atoms with Crippen LogP contribution in [0.4, 0.5) is 5.13 Å². The molecule has 1 fully saturated rings. The third-order valence-corrected chi connectivity index (χ3v) is 3.83. The lowest BCUT2D eigenvalue weighted by Crippen LogP contribution is -2.25. The quantitative estimate of drug-likeness (QED) is 0.861. The first-order valence-corrected chi connectivity index (χ1v) is 6.71. The Morgan fingerprint density at radius 1 is 1.44 bits per heavy atom. The van der Waals surface area contributed by atoms with E-state index in [1.54, 1.807) is 7.11 Å². The molecule has 2 rings (SSSR count). The van der Waals surface area contributed by atoms with Gasteiger partial charge in [0.25, 0.3) is 0 Å². The largest absolute Gasteiger partial charge is 0.370 e. The third-order valence-electron chi connectivity index (χ3n) is 3.16. The van der Waals surface area contributed by atoms with Gasteiger partial charge in [-0.15, -0.1) is 0 Å². The summed E-state index contributed by atoms with van der Waals surface area (Å²) in [4.78, 5) is 4.54. The molecule has 0 aliphatic heterocycles. The van der Waals surface area contributed by atoms with E-state index in [1.165, 1.54) is 24.4 Å². The normalized spacial score (nSPS) is 18.9. The summed E-state index contributed by atoms with van der Waals surface area (Å²) in [5, 5.41) is 4.19. The summed E-state index contributed by atoms with van der Waals surface area (Å²) in [6, 6.07) is 0. The molecule has 1 N–H and O–H groups in total. The minimum atomic E-state index is -0.206. The lowest BCUT2D eigenvalue weighted by atomic mass is 10.0. The van der Waals surface area contributed by atoms with Gasteiger partial charge in [0.2, 0.25) is 5.13 Å². The van der Waals surface area contributed by atoms with E-state index in [4.69, 9.17) is 4.74 Å². The minimum Gasteiger partial charge on any atom is -0.370 e. The standard InChI is InChI=1S/C11H19N3OS/c1-3-8-12-10-13-9(14-16-10)11(15-2)6-4-5-7-11/h3-8H2,1-2H3,(H,12,13,14). The summed E-state index contributed by atoms with van der Waals surface area (Å²) < 4.78 is 10.1. The number of anilines is 1. The maximum atomic E-state index is 5.66. The summed E-state index contributed by atoms with van der Waals surface area (Å²) in [5.74, 6) is 0.871. The molecule has 5 heteroatoms. The Hall–Kier alpha value is -0.680. The van der Waals surface area contributed by atoms with Crippen molar-refractivity contribution in [3.8, 4) is 0 Å². The first kappa shape index (κ1) is 11.8. The van der Waals surface area contributed by atoms with Crippen LogP contribution in [-0.4, -0.2) is 23.0 Å². The molecular weight excluding hydrogens is 222 g/mol. The highest BCUT2D eigenvalue weighted by Gasteiger charge is 2.39. The van der Waals surface area contributed by atoms with Crippen molar-refractivity contribution in [2.24, 2.45) is 0 Å². The van der Waals surface area contributed by atoms with Crippen molar-refractivity contribution in [2.75, 3.05) is 19.0 Å². The van der Waals surface area contributed by atoms with Gasteiger partial charge in [-0.05, 0) is 32.1 Å². The third kappa shape index (κ3) is 2.20. The maximum Gasteiger partial charge on any atom is 0.202 e. The van der Waals surface area contributed by atoms with Gasteiger partial charge in [0.05, 0.1) is 0 Å². The highest BCUT2D eigenvalue weighted by Crippen LogP contribution is 2.40. The van der Waals surface area contributed by atoms with Crippen LogP contribution in [0.25, 0.3) is 0 Å². The van der Waals surface area contributed by atoms with Crippen molar-refractivity contribution in [1.29, 1.82) is 0 Å². The van der Waals surface area contributed by atoms with Crippen molar-refractivity contribution in [1.82, 2.24) is 9.36 Å². The van der Waals surface area contributed by atoms with Crippen LogP contribution in [0.5, 0.6) is 0 Å². The topological polar surface area (TPSA) is 47.0 Å². The zero-order valence-corrected chi connectivity index (χ0v) is 10.8. The molecule has 0 bridgehead atoms. The van der Waals surface area contributed by atoms with Crippen LogP contribution in [0, 0.1) is 0 Å². The second-order valence-corrected chi connectivity index (χ2v) is 5.01. The van der Waals surface area contributed by atoms with Crippen LogP contribution in [0.1, 0.15) is 44.9 Å². The van der Waals surface area contributed by atoms with E-state index >= 15 is 0 Å². The van der Waals surface area contributed by atoms with Crippen LogP contribution in [-0.2, 0) is 10.3 Å². The Balaban J connectivity index is 2.10. The number of rotatable bonds is 5. The van der Waals surface area contributed by atoms with Gasteiger partial charge in [0.1, 0.15) is 5.60 Å². The van der Waals surface area contributed by atoms with E-state index in [1.807, 2.05) is 0 Å². The predicted molar refractivity (Wildman–Crippen MR) is 65.8 cm³/mol. The first-order chi connectivity index (χ1) is 7.80. The smallest absolute Gasteiger partial charge is 0.202 e. The van der Waals surface area contributed by atoms with Gasteiger partial charge in [-0.25, -0.2) is 4.98 Å². The molecule has 1 aliphatic carbocycles. The van der Waals surface area contributed by atoms with E-state index < -0.39 is 0 Å². The van der Waals surface area contributed by atoms with Crippen molar-refractivity contribution in [2.45, 2.75) is 44.6 Å². The predicted octanol–water partition coefficient (Wildman–Crippen LogP) is 2.78. The summed E-state index contributed by atoms with van der Waals surface area (Å²) in [6.45, 7) is 3.09. The molecule has 90 valence electrons. The Labute approximate surface area is 101 Å². The van der Waals surface area contributed by atoms with Crippen molar-refractivity contribution in [3.05, 3.63) is 5.82 Å². The Kier molecular flexibility index (Phi) is 3.76. The highest BCUT2D eigenvalue weighted by atomic mass is 32.1.